The molecule has 96 valence electrons. The summed E-state index contributed by atoms with van der Waals surface area (Å²) in [5, 5.41) is 0. The first-order chi connectivity index (χ1) is 7.32. The molecule has 0 spiro atoms. The van der Waals surface area contributed by atoms with Gasteiger partial charge in [-0.15, -0.1) is 0 Å². The van der Waals surface area contributed by atoms with Crippen LogP contribution in [0.5, 0.6) is 0 Å². The zero-order valence-electron chi connectivity index (χ0n) is 9.63. The average Bonchev–Trinajstić information content (AvgIpc) is 2.10. The maximum atomic E-state index is 12.5. The molecule has 2 N–H and O–H groups in total. The SMILES string of the molecule is C[C@@H]1CN(CC(CN)C(F)(F)F)C[C@H](C)O1. The Morgan fingerprint density at radius 2 is 1.81 bits per heavy atom. The quantitative estimate of drug-likeness (QED) is 0.806. The van der Waals surface area contributed by atoms with Gasteiger partial charge in [0.05, 0.1) is 18.1 Å². The minimum Gasteiger partial charge on any atom is -0.373 e. The molecule has 0 saturated carbocycles. The Bertz CT molecular complexity index is 213. The molecule has 6 heteroatoms. The molecule has 1 rings (SSSR count). The van der Waals surface area contributed by atoms with Gasteiger partial charge >= 0.3 is 6.18 Å². The topological polar surface area (TPSA) is 38.5 Å². The van der Waals surface area contributed by atoms with E-state index in [2.05, 4.69) is 0 Å². The van der Waals surface area contributed by atoms with Crippen molar-refractivity contribution in [2.75, 3.05) is 26.2 Å². The Morgan fingerprint density at radius 1 is 1.31 bits per heavy atom. The van der Waals surface area contributed by atoms with E-state index in [0.717, 1.165) is 0 Å². The highest BCUT2D eigenvalue weighted by atomic mass is 19.4. The first-order valence-electron chi connectivity index (χ1n) is 5.47. The first-order valence-corrected chi connectivity index (χ1v) is 5.47. The molecule has 3 nitrogen and oxygen atoms in total. The molecule has 1 unspecified atom stereocenters. The van der Waals surface area contributed by atoms with Crippen LogP contribution in [0.1, 0.15) is 13.8 Å². The van der Waals surface area contributed by atoms with E-state index in [-0.39, 0.29) is 25.3 Å². The fourth-order valence-electron chi connectivity index (χ4n) is 2.06. The van der Waals surface area contributed by atoms with Crippen LogP contribution in [0.4, 0.5) is 13.2 Å². The number of morpholine rings is 1. The molecule has 0 aromatic carbocycles. The normalized spacial score (nSPS) is 30.4. The van der Waals surface area contributed by atoms with Gasteiger partial charge in [0, 0.05) is 26.2 Å². The van der Waals surface area contributed by atoms with Gasteiger partial charge in [0.2, 0.25) is 0 Å². The van der Waals surface area contributed by atoms with E-state index < -0.39 is 12.1 Å². The molecule has 16 heavy (non-hydrogen) atoms. The van der Waals surface area contributed by atoms with Gasteiger partial charge in [-0.3, -0.25) is 4.90 Å². The van der Waals surface area contributed by atoms with Crippen molar-refractivity contribution in [3.63, 3.8) is 0 Å². The van der Waals surface area contributed by atoms with Crippen LogP contribution < -0.4 is 5.73 Å². The van der Waals surface area contributed by atoms with Gasteiger partial charge in [-0.05, 0) is 13.8 Å². The van der Waals surface area contributed by atoms with Crippen molar-refractivity contribution in [2.24, 2.45) is 11.7 Å². The lowest BCUT2D eigenvalue weighted by atomic mass is 10.1. The summed E-state index contributed by atoms with van der Waals surface area (Å²) in [6.45, 7) is 4.43. The van der Waals surface area contributed by atoms with E-state index in [9.17, 15) is 13.2 Å². The molecule has 1 aliphatic heterocycles. The third kappa shape index (κ3) is 3.92. The second-order valence-electron chi connectivity index (χ2n) is 4.45. The van der Waals surface area contributed by atoms with Crippen LogP contribution in [-0.4, -0.2) is 49.5 Å². The van der Waals surface area contributed by atoms with Gasteiger partial charge in [0.1, 0.15) is 0 Å². The number of halogens is 3. The molecule has 1 aliphatic rings. The molecule has 0 aromatic rings. The molecule has 0 radical (unpaired) electrons. The summed E-state index contributed by atoms with van der Waals surface area (Å²) in [5.41, 5.74) is 5.17. The number of ether oxygens (including phenoxy) is 1. The molecular weight excluding hydrogens is 221 g/mol. The van der Waals surface area contributed by atoms with Crippen molar-refractivity contribution in [2.45, 2.75) is 32.2 Å². The number of nitrogens with zero attached hydrogens (tertiary/aromatic N) is 1. The molecule has 1 heterocycles. The van der Waals surface area contributed by atoms with Crippen LogP contribution in [0.3, 0.4) is 0 Å². The second-order valence-corrected chi connectivity index (χ2v) is 4.45. The fraction of sp³-hybridized carbons (Fsp3) is 1.00. The molecule has 0 aliphatic carbocycles. The average molecular weight is 240 g/mol. The summed E-state index contributed by atoms with van der Waals surface area (Å²) in [7, 11) is 0. The highest BCUT2D eigenvalue weighted by Crippen LogP contribution is 2.27. The third-order valence-corrected chi connectivity index (χ3v) is 2.72. The fourth-order valence-corrected chi connectivity index (χ4v) is 2.06. The number of hydrogen-bond acceptors (Lipinski definition) is 3. The van der Waals surface area contributed by atoms with Crippen LogP contribution in [0, 0.1) is 5.92 Å². The van der Waals surface area contributed by atoms with E-state index in [4.69, 9.17) is 10.5 Å². The highest BCUT2D eigenvalue weighted by molar-refractivity contribution is 4.78. The lowest BCUT2D eigenvalue weighted by molar-refractivity contribution is -0.181. The summed E-state index contributed by atoms with van der Waals surface area (Å²) in [6.07, 6.45) is -4.25. The van der Waals surface area contributed by atoms with Crippen LogP contribution >= 0.6 is 0 Å². The van der Waals surface area contributed by atoms with Crippen molar-refractivity contribution in [3.05, 3.63) is 0 Å². The number of nitrogens with two attached hydrogens (primary N) is 1. The molecular formula is C10H19F3N2O. The van der Waals surface area contributed by atoms with Gasteiger partial charge in [0.15, 0.2) is 0 Å². The van der Waals surface area contributed by atoms with Crippen molar-refractivity contribution >= 4 is 0 Å². The summed E-state index contributed by atoms with van der Waals surface area (Å²) >= 11 is 0. The predicted octanol–water partition coefficient (Wildman–Crippen LogP) is 1.23. The Labute approximate surface area is 93.7 Å². The Hall–Kier alpha value is -0.330. The van der Waals surface area contributed by atoms with Gasteiger partial charge < -0.3 is 10.5 Å². The molecule has 1 saturated heterocycles. The van der Waals surface area contributed by atoms with Crippen LogP contribution in [0.25, 0.3) is 0 Å². The van der Waals surface area contributed by atoms with Crippen molar-refractivity contribution < 1.29 is 17.9 Å². The van der Waals surface area contributed by atoms with E-state index in [1.807, 2.05) is 13.8 Å². The maximum Gasteiger partial charge on any atom is 0.394 e. The largest absolute Gasteiger partial charge is 0.394 e. The second kappa shape index (κ2) is 5.33. The zero-order valence-corrected chi connectivity index (χ0v) is 9.63. The summed E-state index contributed by atoms with van der Waals surface area (Å²) < 4.78 is 43.1. The molecule has 1 fully saturated rings. The molecule has 0 bridgehead atoms. The van der Waals surface area contributed by atoms with Crippen molar-refractivity contribution in [1.29, 1.82) is 0 Å². The monoisotopic (exact) mass is 240 g/mol. The summed E-state index contributed by atoms with van der Waals surface area (Å²) in [6, 6.07) is 0. The molecule has 3 atom stereocenters. The maximum absolute atomic E-state index is 12.5. The van der Waals surface area contributed by atoms with Crippen LogP contribution in [-0.2, 0) is 4.74 Å². The molecule has 0 aromatic heterocycles. The van der Waals surface area contributed by atoms with Crippen LogP contribution in [0.15, 0.2) is 0 Å². The van der Waals surface area contributed by atoms with Gasteiger partial charge in [-0.2, -0.15) is 13.2 Å². The number of hydrogen-bond donors (Lipinski definition) is 1. The summed E-state index contributed by atoms with van der Waals surface area (Å²) in [5.74, 6) is -1.44. The third-order valence-electron chi connectivity index (χ3n) is 2.72. The minimum atomic E-state index is -4.21. The number of rotatable bonds is 3. The lowest BCUT2D eigenvalue weighted by Crippen LogP contribution is -2.50. The highest BCUT2D eigenvalue weighted by Gasteiger charge is 2.40. The van der Waals surface area contributed by atoms with Gasteiger partial charge in [-0.1, -0.05) is 0 Å². The van der Waals surface area contributed by atoms with E-state index in [1.54, 1.807) is 4.90 Å². The Morgan fingerprint density at radius 3 is 2.19 bits per heavy atom. The van der Waals surface area contributed by atoms with Gasteiger partial charge in [-0.25, -0.2) is 0 Å². The smallest absolute Gasteiger partial charge is 0.373 e. The first kappa shape index (κ1) is 13.7. The lowest BCUT2D eigenvalue weighted by Gasteiger charge is -2.37. The van der Waals surface area contributed by atoms with Crippen LogP contribution in [0.2, 0.25) is 0 Å². The Balaban J connectivity index is 2.51. The Kier molecular flexibility index (Phi) is 4.58. The number of alkyl halides is 3. The van der Waals surface area contributed by atoms with Crippen molar-refractivity contribution in [1.82, 2.24) is 4.90 Å². The van der Waals surface area contributed by atoms with E-state index >= 15 is 0 Å². The van der Waals surface area contributed by atoms with Crippen molar-refractivity contribution in [3.8, 4) is 0 Å². The standard InChI is InChI=1S/C10H19F3N2O/c1-7-4-15(5-8(2)16-7)6-9(3-14)10(11,12)13/h7-9H,3-6,14H2,1-2H3/t7-,8+,9?. The molecule has 0 amide bonds. The summed E-state index contributed by atoms with van der Waals surface area (Å²) in [4.78, 5) is 1.78. The van der Waals surface area contributed by atoms with E-state index in [1.165, 1.54) is 0 Å². The zero-order chi connectivity index (χ0) is 12.3. The minimum absolute atomic E-state index is 0.0181. The van der Waals surface area contributed by atoms with E-state index in [0.29, 0.717) is 13.1 Å². The van der Waals surface area contributed by atoms with Gasteiger partial charge in [0.25, 0.3) is 0 Å². The predicted molar refractivity (Wildman–Crippen MR) is 55.0 cm³/mol.